The van der Waals surface area contributed by atoms with Crippen molar-refractivity contribution in [1.82, 2.24) is 15.3 Å². The molecular formula is C32H25FN4O4S. The average molecular weight is 581 g/mol. The van der Waals surface area contributed by atoms with Crippen molar-refractivity contribution in [3.63, 3.8) is 0 Å². The third-order valence-electron chi connectivity index (χ3n) is 7.12. The van der Waals surface area contributed by atoms with Crippen LogP contribution in [0.4, 0.5) is 10.1 Å². The minimum Gasteiger partial charge on any atom is -0.455 e. The maximum atomic E-state index is 13.7. The van der Waals surface area contributed by atoms with E-state index in [0.717, 1.165) is 22.7 Å². The molecule has 210 valence electrons. The Bertz CT molecular complexity index is 2110. The number of fused-ring (bicyclic) bond motifs is 2. The monoisotopic (exact) mass is 580 g/mol. The van der Waals surface area contributed by atoms with E-state index in [0.29, 0.717) is 39.2 Å². The van der Waals surface area contributed by atoms with Crippen LogP contribution in [0.5, 0.6) is 0 Å². The molecule has 0 saturated heterocycles. The first-order valence-electron chi connectivity index (χ1n) is 13.0. The van der Waals surface area contributed by atoms with E-state index in [1.807, 2.05) is 48.5 Å². The van der Waals surface area contributed by atoms with Crippen molar-refractivity contribution in [1.29, 1.82) is 0 Å². The molecule has 0 saturated carbocycles. The predicted molar refractivity (Wildman–Crippen MR) is 162 cm³/mol. The van der Waals surface area contributed by atoms with Gasteiger partial charge in [-0.25, -0.2) is 22.8 Å². The number of sulfonamides is 1. The van der Waals surface area contributed by atoms with Gasteiger partial charge in [-0.1, -0.05) is 36.4 Å². The fraction of sp³-hybridized carbons (Fsp3) is 0.0938. The summed E-state index contributed by atoms with van der Waals surface area (Å²) in [6, 6.07) is 24.1. The van der Waals surface area contributed by atoms with Gasteiger partial charge in [0.2, 0.25) is 10.0 Å². The van der Waals surface area contributed by atoms with Gasteiger partial charge in [-0.05, 0) is 48.0 Å². The smallest absolute Gasteiger partial charge is 0.255 e. The molecule has 0 unspecified atom stereocenters. The van der Waals surface area contributed by atoms with Gasteiger partial charge in [0.15, 0.2) is 5.82 Å². The minimum atomic E-state index is -3.68. The van der Waals surface area contributed by atoms with E-state index in [1.165, 1.54) is 42.7 Å². The van der Waals surface area contributed by atoms with Crippen LogP contribution in [0, 0.1) is 5.82 Å². The zero-order valence-electron chi connectivity index (χ0n) is 22.9. The van der Waals surface area contributed by atoms with Crippen LogP contribution in [-0.4, -0.2) is 44.6 Å². The zero-order valence-corrected chi connectivity index (χ0v) is 23.7. The van der Waals surface area contributed by atoms with Crippen molar-refractivity contribution in [3.8, 4) is 33.8 Å². The Morgan fingerprint density at radius 2 is 1.67 bits per heavy atom. The predicted octanol–water partition coefficient (Wildman–Crippen LogP) is 6.27. The highest BCUT2D eigenvalue weighted by Gasteiger charge is 2.26. The lowest BCUT2D eigenvalue weighted by Crippen LogP contribution is -2.25. The maximum Gasteiger partial charge on any atom is 0.255 e. The first-order chi connectivity index (χ1) is 20.1. The number of furan rings is 1. The largest absolute Gasteiger partial charge is 0.455 e. The highest BCUT2D eigenvalue weighted by atomic mass is 32.2. The number of nitrogens with zero attached hydrogens (tertiary/aromatic N) is 3. The van der Waals surface area contributed by atoms with Crippen LogP contribution >= 0.6 is 0 Å². The summed E-state index contributed by atoms with van der Waals surface area (Å²) in [7, 11) is -0.709. The lowest BCUT2D eigenvalue weighted by molar-refractivity contribution is 0.0964. The number of carbonyl (C=O) groups excluding carboxylic acids is 1. The van der Waals surface area contributed by atoms with Crippen LogP contribution in [-0.2, 0) is 10.0 Å². The quantitative estimate of drug-likeness (QED) is 0.249. The van der Waals surface area contributed by atoms with Crippen LogP contribution < -0.4 is 9.62 Å². The van der Waals surface area contributed by atoms with Gasteiger partial charge in [-0.15, -0.1) is 0 Å². The van der Waals surface area contributed by atoms with Crippen molar-refractivity contribution < 1.29 is 22.0 Å². The number of amides is 1. The molecule has 0 aliphatic heterocycles. The van der Waals surface area contributed by atoms with Gasteiger partial charge in [-0.3, -0.25) is 9.10 Å². The summed E-state index contributed by atoms with van der Waals surface area (Å²) < 4.78 is 46.4. The van der Waals surface area contributed by atoms with Crippen LogP contribution in [0.2, 0.25) is 0 Å². The van der Waals surface area contributed by atoms with Gasteiger partial charge < -0.3 is 9.73 Å². The Balaban J connectivity index is 1.60. The first kappa shape index (κ1) is 27.1. The molecular weight excluding hydrogens is 555 g/mol. The topological polar surface area (TPSA) is 105 Å². The van der Waals surface area contributed by atoms with Crippen molar-refractivity contribution >= 4 is 43.5 Å². The van der Waals surface area contributed by atoms with Gasteiger partial charge in [-0.2, -0.15) is 0 Å². The van der Waals surface area contributed by atoms with E-state index in [9.17, 15) is 17.6 Å². The fourth-order valence-corrected chi connectivity index (χ4v) is 5.40. The molecule has 6 aromatic rings. The standard InChI is InChI=1S/C32H25FN4O4S/c1-34-32(38)29-25-16-24(20-8-6-9-21(15-20)31-35-18-22-7-4-5-10-26(22)36-31)27(37(2)42(3,39)40)17-28(25)41-30(29)19-11-13-23(33)14-12-19/h4-18H,1-3H3,(H,34,38). The van der Waals surface area contributed by atoms with Gasteiger partial charge >= 0.3 is 0 Å². The van der Waals surface area contributed by atoms with Crippen LogP contribution in [0.3, 0.4) is 0 Å². The summed E-state index contributed by atoms with van der Waals surface area (Å²) in [5.74, 6) is -0.0667. The molecule has 0 atom stereocenters. The van der Waals surface area contributed by atoms with Crippen LogP contribution in [0.15, 0.2) is 95.5 Å². The second-order valence-electron chi connectivity index (χ2n) is 9.82. The van der Waals surface area contributed by atoms with E-state index >= 15 is 0 Å². The Kier molecular flexibility index (Phi) is 6.70. The number of nitrogens with one attached hydrogen (secondary N) is 1. The number of halogens is 1. The van der Waals surface area contributed by atoms with E-state index in [-0.39, 0.29) is 11.3 Å². The second-order valence-corrected chi connectivity index (χ2v) is 11.8. The summed E-state index contributed by atoms with van der Waals surface area (Å²) in [6.07, 6.45) is 2.87. The van der Waals surface area contributed by atoms with Crippen LogP contribution in [0.25, 0.3) is 55.7 Å². The van der Waals surface area contributed by atoms with Gasteiger partial charge in [0, 0.05) is 53.8 Å². The second kappa shape index (κ2) is 10.4. The molecule has 1 N–H and O–H groups in total. The van der Waals surface area contributed by atoms with E-state index < -0.39 is 21.7 Å². The number of carbonyl (C=O) groups is 1. The Labute approximate surface area is 241 Å². The number of para-hydroxylation sites is 1. The SMILES string of the molecule is CNC(=O)c1c(-c2ccc(F)cc2)oc2cc(N(C)S(C)(=O)=O)c(-c3cccc(-c4ncc5ccccc5n4)c3)cc12. The zero-order chi connectivity index (χ0) is 29.6. The van der Waals surface area contributed by atoms with Crippen molar-refractivity contribution in [2.45, 2.75) is 0 Å². The molecule has 2 aromatic heterocycles. The molecule has 2 heterocycles. The highest BCUT2D eigenvalue weighted by molar-refractivity contribution is 7.92. The molecule has 42 heavy (non-hydrogen) atoms. The molecule has 0 fully saturated rings. The average Bonchev–Trinajstić information content (AvgIpc) is 3.37. The third kappa shape index (κ3) is 4.86. The number of aromatic nitrogens is 2. The van der Waals surface area contributed by atoms with Crippen molar-refractivity contribution in [3.05, 3.63) is 103 Å². The molecule has 10 heteroatoms. The summed E-state index contributed by atoms with van der Waals surface area (Å²) >= 11 is 0. The molecule has 1 amide bonds. The number of rotatable bonds is 6. The highest BCUT2D eigenvalue weighted by Crippen LogP contribution is 2.42. The lowest BCUT2D eigenvalue weighted by Gasteiger charge is -2.21. The Hall–Kier alpha value is -5.09. The lowest BCUT2D eigenvalue weighted by atomic mass is 9.97. The molecule has 6 rings (SSSR count). The minimum absolute atomic E-state index is 0.243. The van der Waals surface area contributed by atoms with E-state index in [2.05, 4.69) is 10.3 Å². The van der Waals surface area contributed by atoms with Gasteiger partial charge in [0.05, 0.1) is 23.0 Å². The van der Waals surface area contributed by atoms with Crippen molar-refractivity contribution in [2.75, 3.05) is 24.7 Å². The number of hydrogen-bond acceptors (Lipinski definition) is 6. The molecule has 0 bridgehead atoms. The Morgan fingerprint density at radius 1 is 0.929 bits per heavy atom. The summed E-state index contributed by atoms with van der Waals surface area (Å²) in [5, 5.41) is 4.04. The van der Waals surface area contributed by atoms with Crippen LogP contribution in [0.1, 0.15) is 10.4 Å². The number of benzene rings is 4. The van der Waals surface area contributed by atoms with Crippen molar-refractivity contribution in [2.24, 2.45) is 0 Å². The maximum absolute atomic E-state index is 13.7. The normalized spacial score (nSPS) is 11.6. The Morgan fingerprint density at radius 3 is 2.40 bits per heavy atom. The first-order valence-corrected chi connectivity index (χ1v) is 14.8. The molecule has 4 aromatic carbocycles. The summed E-state index contributed by atoms with van der Waals surface area (Å²) in [4.78, 5) is 22.4. The van der Waals surface area contributed by atoms with Gasteiger partial charge in [0.1, 0.15) is 17.2 Å². The third-order valence-corrected chi connectivity index (χ3v) is 8.32. The molecule has 0 aliphatic carbocycles. The number of hydrogen-bond donors (Lipinski definition) is 1. The molecule has 0 spiro atoms. The van der Waals surface area contributed by atoms with E-state index in [4.69, 9.17) is 9.40 Å². The summed E-state index contributed by atoms with van der Waals surface area (Å²) in [5.41, 5.74) is 4.18. The molecule has 0 radical (unpaired) electrons. The fourth-order valence-electron chi connectivity index (χ4n) is 4.89. The molecule has 8 nitrogen and oxygen atoms in total. The number of anilines is 1. The molecule has 0 aliphatic rings. The van der Waals surface area contributed by atoms with E-state index in [1.54, 1.807) is 18.3 Å². The van der Waals surface area contributed by atoms with Gasteiger partial charge in [0.25, 0.3) is 5.91 Å². The summed E-state index contributed by atoms with van der Waals surface area (Å²) in [6.45, 7) is 0.